The van der Waals surface area contributed by atoms with Gasteiger partial charge >= 0.3 is 0 Å². The number of benzene rings is 2. The molecule has 22 heavy (non-hydrogen) atoms. The average molecular weight is 334 g/mol. The lowest BCUT2D eigenvalue weighted by Gasteiger charge is -2.21. The number of nitrogens with one attached hydrogen (secondary N) is 1. The van der Waals surface area contributed by atoms with Gasteiger partial charge in [0, 0.05) is 13.6 Å². The van der Waals surface area contributed by atoms with Crippen molar-refractivity contribution in [1.82, 2.24) is 10.2 Å². The lowest BCUT2D eigenvalue weighted by Crippen LogP contribution is -2.36. The minimum Gasteiger partial charge on any atom is -0.348 e. The predicted molar refractivity (Wildman–Crippen MR) is 92.5 cm³/mol. The molecule has 1 N–H and O–H groups in total. The summed E-state index contributed by atoms with van der Waals surface area (Å²) in [5, 5.41) is 4.63. The predicted octanol–water partition coefficient (Wildman–Crippen LogP) is 4.13. The van der Waals surface area contributed by atoms with Gasteiger partial charge < -0.3 is 10.2 Å². The monoisotopic (exact) mass is 333 g/mol. The first-order chi connectivity index (χ1) is 10.6. The second-order valence-electron chi connectivity index (χ2n) is 5.38. The van der Waals surface area contributed by atoms with E-state index in [1.54, 1.807) is 0 Å². The van der Waals surface area contributed by atoms with Crippen LogP contribution in [0.15, 0.2) is 53.5 Å². The van der Waals surface area contributed by atoms with E-state index in [1.165, 1.54) is 5.56 Å². The van der Waals surface area contributed by atoms with E-state index in [0.717, 1.165) is 24.6 Å². The zero-order valence-electron chi connectivity index (χ0n) is 12.3. The average Bonchev–Trinajstić information content (AvgIpc) is 3.02. The Bertz CT molecular complexity index is 686. The molecule has 0 aromatic heterocycles. The first-order valence-electron chi connectivity index (χ1n) is 7.14. The highest BCUT2D eigenvalue weighted by molar-refractivity contribution is 6.42. The van der Waals surface area contributed by atoms with E-state index < -0.39 is 0 Å². The van der Waals surface area contributed by atoms with Gasteiger partial charge in [0.25, 0.3) is 0 Å². The number of guanidine groups is 1. The smallest absolute Gasteiger partial charge is 0.194 e. The highest BCUT2D eigenvalue weighted by Gasteiger charge is 2.21. The van der Waals surface area contributed by atoms with Crippen LogP contribution in [-0.2, 0) is 6.54 Å². The van der Waals surface area contributed by atoms with Crippen molar-refractivity contribution in [3.8, 4) is 0 Å². The molecule has 114 valence electrons. The minimum absolute atomic E-state index is 0.243. The molecule has 0 saturated heterocycles. The number of hydrogen-bond donors (Lipinski definition) is 1. The summed E-state index contributed by atoms with van der Waals surface area (Å²) >= 11 is 12.0. The maximum atomic E-state index is 6.06. The molecule has 2 aromatic carbocycles. The Balaban J connectivity index is 1.64. The lowest BCUT2D eigenvalue weighted by molar-refractivity contribution is 0.480. The Labute approximate surface area is 140 Å². The third kappa shape index (κ3) is 3.37. The number of halogens is 2. The molecular formula is C17H17Cl2N3. The molecule has 0 aliphatic carbocycles. The van der Waals surface area contributed by atoms with Crippen molar-refractivity contribution < 1.29 is 0 Å². The summed E-state index contributed by atoms with van der Waals surface area (Å²) < 4.78 is 0. The molecule has 0 saturated carbocycles. The molecule has 1 aliphatic rings. The van der Waals surface area contributed by atoms with Gasteiger partial charge in [0.1, 0.15) is 0 Å². The fraction of sp³-hybridized carbons (Fsp3) is 0.235. The van der Waals surface area contributed by atoms with Crippen molar-refractivity contribution in [3.63, 3.8) is 0 Å². The molecule has 3 rings (SSSR count). The van der Waals surface area contributed by atoms with E-state index in [0.29, 0.717) is 10.0 Å². The van der Waals surface area contributed by atoms with Gasteiger partial charge in [-0.15, -0.1) is 0 Å². The number of aliphatic imine (C=N–C) groups is 1. The van der Waals surface area contributed by atoms with E-state index in [4.69, 9.17) is 23.2 Å². The molecule has 2 aromatic rings. The van der Waals surface area contributed by atoms with Crippen LogP contribution in [0.2, 0.25) is 10.0 Å². The fourth-order valence-electron chi connectivity index (χ4n) is 2.52. The minimum atomic E-state index is 0.243. The summed E-state index contributed by atoms with van der Waals surface area (Å²) in [7, 11) is 2.02. The van der Waals surface area contributed by atoms with Crippen LogP contribution in [0.3, 0.4) is 0 Å². The molecule has 1 heterocycles. The Hall–Kier alpha value is -1.71. The van der Waals surface area contributed by atoms with Crippen LogP contribution in [0.1, 0.15) is 17.2 Å². The standard InChI is InChI=1S/C17H17Cl2N3/c1-22(11-12-7-8-14(18)15(19)9-12)17-20-10-16(21-17)13-5-3-2-4-6-13/h2-9,16H,10-11H2,1H3,(H,20,21). The van der Waals surface area contributed by atoms with Crippen LogP contribution in [-0.4, -0.2) is 24.5 Å². The number of rotatable bonds is 3. The highest BCUT2D eigenvalue weighted by atomic mass is 35.5. The lowest BCUT2D eigenvalue weighted by atomic mass is 10.1. The van der Waals surface area contributed by atoms with Gasteiger partial charge in [-0.05, 0) is 23.3 Å². The van der Waals surface area contributed by atoms with Crippen molar-refractivity contribution >= 4 is 29.2 Å². The van der Waals surface area contributed by atoms with Gasteiger partial charge in [0.2, 0.25) is 0 Å². The van der Waals surface area contributed by atoms with Crippen LogP contribution in [0.4, 0.5) is 0 Å². The van der Waals surface area contributed by atoms with Crippen molar-refractivity contribution in [3.05, 3.63) is 69.7 Å². The van der Waals surface area contributed by atoms with E-state index in [2.05, 4.69) is 39.5 Å². The summed E-state index contributed by atoms with van der Waals surface area (Å²) in [5.41, 5.74) is 2.36. The van der Waals surface area contributed by atoms with Crippen LogP contribution in [0.5, 0.6) is 0 Å². The van der Waals surface area contributed by atoms with Crippen LogP contribution >= 0.6 is 23.2 Å². The van der Waals surface area contributed by atoms with Crippen LogP contribution in [0.25, 0.3) is 0 Å². The molecule has 1 atom stereocenters. The normalized spacial score (nSPS) is 17.0. The molecule has 0 fully saturated rings. The first kappa shape index (κ1) is 15.2. The molecule has 0 spiro atoms. The third-order valence-electron chi connectivity index (χ3n) is 3.69. The first-order valence-corrected chi connectivity index (χ1v) is 7.90. The Morgan fingerprint density at radius 3 is 2.64 bits per heavy atom. The summed E-state index contributed by atoms with van der Waals surface area (Å²) in [6.45, 7) is 1.48. The second-order valence-corrected chi connectivity index (χ2v) is 6.19. The number of nitrogens with zero attached hydrogens (tertiary/aromatic N) is 2. The Morgan fingerprint density at radius 2 is 1.91 bits per heavy atom. The molecule has 0 radical (unpaired) electrons. The van der Waals surface area contributed by atoms with Crippen molar-refractivity contribution in [1.29, 1.82) is 0 Å². The van der Waals surface area contributed by atoms with Gasteiger partial charge in [0.05, 0.1) is 22.6 Å². The molecular weight excluding hydrogens is 317 g/mol. The summed E-state index contributed by atoms with van der Waals surface area (Å²) in [6.07, 6.45) is 0. The number of hydrogen-bond acceptors (Lipinski definition) is 3. The van der Waals surface area contributed by atoms with E-state index in [9.17, 15) is 0 Å². The van der Waals surface area contributed by atoms with E-state index in [1.807, 2.05) is 31.3 Å². The topological polar surface area (TPSA) is 27.6 Å². The van der Waals surface area contributed by atoms with Crippen LogP contribution < -0.4 is 5.32 Å². The quantitative estimate of drug-likeness (QED) is 0.914. The van der Waals surface area contributed by atoms with Crippen molar-refractivity contribution in [2.24, 2.45) is 4.99 Å². The van der Waals surface area contributed by atoms with Crippen molar-refractivity contribution in [2.45, 2.75) is 12.6 Å². The fourth-order valence-corrected chi connectivity index (χ4v) is 2.84. The van der Waals surface area contributed by atoms with E-state index in [-0.39, 0.29) is 6.04 Å². The van der Waals surface area contributed by atoms with Gasteiger partial charge in [-0.3, -0.25) is 4.99 Å². The maximum Gasteiger partial charge on any atom is 0.194 e. The molecule has 1 unspecified atom stereocenters. The molecule has 0 amide bonds. The molecule has 5 heteroatoms. The summed E-state index contributed by atoms with van der Waals surface area (Å²) in [6, 6.07) is 16.3. The summed E-state index contributed by atoms with van der Waals surface area (Å²) in [5.74, 6) is 0.903. The summed E-state index contributed by atoms with van der Waals surface area (Å²) in [4.78, 5) is 6.69. The molecule has 3 nitrogen and oxygen atoms in total. The van der Waals surface area contributed by atoms with Gasteiger partial charge in [-0.25, -0.2) is 0 Å². The molecule has 0 bridgehead atoms. The Kier molecular flexibility index (Phi) is 4.55. The second kappa shape index (κ2) is 6.59. The zero-order chi connectivity index (χ0) is 15.5. The Morgan fingerprint density at radius 1 is 1.14 bits per heavy atom. The van der Waals surface area contributed by atoms with Gasteiger partial charge in [-0.2, -0.15) is 0 Å². The van der Waals surface area contributed by atoms with E-state index >= 15 is 0 Å². The van der Waals surface area contributed by atoms with Gasteiger partial charge in [-0.1, -0.05) is 59.6 Å². The SMILES string of the molecule is CN(Cc1ccc(Cl)c(Cl)c1)C1=NCC(c2ccccc2)N1. The maximum absolute atomic E-state index is 6.06. The highest BCUT2D eigenvalue weighted by Crippen LogP contribution is 2.23. The molecule has 1 aliphatic heterocycles. The van der Waals surface area contributed by atoms with Crippen molar-refractivity contribution in [2.75, 3.05) is 13.6 Å². The third-order valence-corrected chi connectivity index (χ3v) is 4.43. The van der Waals surface area contributed by atoms with Crippen LogP contribution in [0, 0.1) is 0 Å². The van der Waals surface area contributed by atoms with Gasteiger partial charge in [0.15, 0.2) is 5.96 Å². The largest absolute Gasteiger partial charge is 0.348 e. The zero-order valence-corrected chi connectivity index (χ0v) is 13.8.